The number of benzene rings is 1. The van der Waals surface area contributed by atoms with Crippen LogP contribution in [0.1, 0.15) is 27.2 Å². The molecule has 1 aromatic heterocycles. The molecule has 3 atom stereocenters. The average molecular weight is 372 g/mol. The van der Waals surface area contributed by atoms with E-state index in [1.54, 1.807) is 19.5 Å². The number of ether oxygens (including phenoxy) is 1. The molecule has 1 amide bonds. The molecule has 2 N–H and O–H groups in total. The Morgan fingerprint density at radius 3 is 2.63 bits per heavy atom. The number of aromatic nitrogens is 2. The van der Waals surface area contributed by atoms with Gasteiger partial charge in [-0.15, -0.1) is 0 Å². The van der Waals surface area contributed by atoms with E-state index < -0.39 is 6.10 Å². The third-order valence-corrected chi connectivity index (χ3v) is 5.03. The van der Waals surface area contributed by atoms with Crippen LogP contribution in [0, 0.1) is 11.8 Å². The van der Waals surface area contributed by atoms with Crippen molar-refractivity contribution in [3.05, 3.63) is 24.5 Å². The van der Waals surface area contributed by atoms with Crippen molar-refractivity contribution < 1.29 is 14.6 Å². The number of carbonyl (C=O) groups is 1. The van der Waals surface area contributed by atoms with Crippen LogP contribution in [0.3, 0.4) is 0 Å². The zero-order valence-corrected chi connectivity index (χ0v) is 16.3. The monoisotopic (exact) mass is 372 g/mol. The van der Waals surface area contributed by atoms with Crippen LogP contribution in [0.5, 0.6) is 5.75 Å². The van der Waals surface area contributed by atoms with Crippen LogP contribution in [0.25, 0.3) is 11.0 Å². The van der Waals surface area contributed by atoms with Crippen LogP contribution in [-0.2, 0) is 4.79 Å². The highest BCUT2D eigenvalue weighted by Crippen LogP contribution is 2.33. The number of aliphatic hydroxyl groups excluding tert-OH is 1. The number of hydrogen-bond acceptors (Lipinski definition) is 6. The summed E-state index contributed by atoms with van der Waals surface area (Å²) >= 11 is 0. The second-order valence-electron chi connectivity index (χ2n) is 7.68. The second-order valence-corrected chi connectivity index (χ2v) is 7.68. The lowest BCUT2D eigenvalue weighted by Crippen LogP contribution is -2.53. The van der Waals surface area contributed by atoms with Gasteiger partial charge in [0.25, 0.3) is 0 Å². The summed E-state index contributed by atoms with van der Waals surface area (Å²) < 4.78 is 5.41. The molecule has 3 rings (SSSR count). The van der Waals surface area contributed by atoms with Crippen molar-refractivity contribution in [2.75, 3.05) is 25.1 Å². The van der Waals surface area contributed by atoms with Crippen molar-refractivity contribution in [1.82, 2.24) is 15.3 Å². The highest BCUT2D eigenvalue weighted by molar-refractivity contribution is 5.92. The molecule has 2 heterocycles. The van der Waals surface area contributed by atoms with Gasteiger partial charge in [0, 0.05) is 31.5 Å². The number of fused-ring (bicyclic) bond motifs is 1. The lowest BCUT2D eigenvalue weighted by molar-refractivity contribution is -0.132. The lowest BCUT2D eigenvalue weighted by Gasteiger charge is -2.38. The molecule has 27 heavy (non-hydrogen) atoms. The van der Waals surface area contributed by atoms with Crippen LogP contribution < -0.4 is 15.0 Å². The molecule has 0 spiro atoms. The first kappa shape index (κ1) is 19.4. The highest BCUT2D eigenvalue weighted by atomic mass is 16.5. The maximum absolute atomic E-state index is 12.3. The molecule has 0 aliphatic carbocycles. The Bertz CT molecular complexity index is 811. The Morgan fingerprint density at radius 1 is 1.26 bits per heavy atom. The number of anilines is 1. The Labute approximate surface area is 159 Å². The SMILES string of the molecule is COc1ccc(N2C[C@@H](C)C[C@@H](NC(=O)[C@@H](O)C(C)C)C2)c2nccnc12. The van der Waals surface area contributed by atoms with Gasteiger partial charge >= 0.3 is 0 Å². The Hall–Kier alpha value is -2.41. The maximum Gasteiger partial charge on any atom is 0.249 e. The predicted octanol–water partition coefficient (Wildman–Crippen LogP) is 1.99. The normalized spacial score (nSPS) is 21.3. The topological polar surface area (TPSA) is 87.6 Å². The molecule has 7 nitrogen and oxygen atoms in total. The first-order valence-electron chi connectivity index (χ1n) is 9.41. The van der Waals surface area contributed by atoms with E-state index in [0.717, 1.165) is 29.7 Å². The van der Waals surface area contributed by atoms with Crippen LogP contribution in [0.15, 0.2) is 24.5 Å². The van der Waals surface area contributed by atoms with Crippen molar-refractivity contribution in [3.63, 3.8) is 0 Å². The van der Waals surface area contributed by atoms with Gasteiger partial charge in [-0.05, 0) is 30.4 Å². The number of aliphatic hydroxyl groups is 1. The summed E-state index contributed by atoms with van der Waals surface area (Å²) in [7, 11) is 1.62. The number of piperidine rings is 1. The maximum atomic E-state index is 12.3. The van der Waals surface area contributed by atoms with Crippen LogP contribution in [0.2, 0.25) is 0 Å². The summed E-state index contributed by atoms with van der Waals surface area (Å²) in [6.07, 6.45) is 3.23. The van der Waals surface area contributed by atoms with E-state index >= 15 is 0 Å². The van der Waals surface area contributed by atoms with E-state index in [1.165, 1.54) is 0 Å². The molecule has 2 aromatic rings. The third-order valence-electron chi connectivity index (χ3n) is 5.03. The molecular formula is C20H28N4O3. The van der Waals surface area contributed by atoms with Crippen molar-refractivity contribution in [1.29, 1.82) is 0 Å². The summed E-state index contributed by atoms with van der Waals surface area (Å²) in [6.45, 7) is 7.38. The molecule has 0 saturated carbocycles. The van der Waals surface area contributed by atoms with Gasteiger partial charge in [-0.3, -0.25) is 9.78 Å². The third kappa shape index (κ3) is 4.13. The number of nitrogens with one attached hydrogen (secondary N) is 1. The van der Waals surface area contributed by atoms with Gasteiger partial charge in [-0.2, -0.15) is 0 Å². The van der Waals surface area contributed by atoms with E-state index in [-0.39, 0.29) is 17.9 Å². The Kier molecular flexibility index (Phi) is 5.79. The lowest BCUT2D eigenvalue weighted by atomic mass is 9.94. The van der Waals surface area contributed by atoms with Gasteiger partial charge in [0.2, 0.25) is 5.91 Å². The number of carbonyl (C=O) groups excluding carboxylic acids is 1. The Morgan fingerprint density at radius 2 is 1.96 bits per heavy atom. The molecule has 0 unspecified atom stereocenters. The minimum absolute atomic E-state index is 0.0246. The van der Waals surface area contributed by atoms with E-state index in [0.29, 0.717) is 18.2 Å². The van der Waals surface area contributed by atoms with Gasteiger partial charge < -0.3 is 20.1 Å². The standard InChI is InChI=1S/C20H28N4O3/c1-12(2)19(25)20(26)23-14-9-13(3)10-24(11-14)15-5-6-16(27-4)18-17(15)21-7-8-22-18/h5-8,12-14,19,25H,9-11H2,1-4H3,(H,23,26)/t13-,14+,19-/m0/s1. The van der Waals surface area contributed by atoms with Gasteiger partial charge in [0.1, 0.15) is 22.9 Å². The van der Waals surface area contributed by atoms with Crippen LogP contribution in [-0.4, -0.2) is 53.3 Å². The van der Waals surface area contributed by atoms with E-state index in [1.807, 2.05) is 26.0 Å². The molecule has 1 aliphatic rings. The minimum atomic E-state index is -0.983. The number of amides is 1. The predicted molar refractivity (Wildman–Crippen MR) is 105 cm³/mol. The van der Waals surface area contributed by atoms with E-state index in [2.05, 4.69) is 27.1 Å². The van der Waals surface area contributed by atoms with Gasteiger partial charge in [-0.1, -0.05) is 20.8 Å². The average Bonchev–Trinajstić information content (AvgIpc) is 2.65. The zero-order chi connectivity index (χ0) is 19.6. The molecular weight excluding hydrogens is 344 g/mol. The van der Waals surface area contributed by atoms with Gasteiger partial charge in [0.15, 0.2) is 0 Å². The highest BCUT2D eigenvalue weighted by Gasteiger charge is 2.29. The molecule has 1 saturated heterocycles. The van der Waals surface area contributed by atoms with Crippen LogP contribution >= 0.6 is 0 Å². The fourth-order valence-corrected chi connectivity index (χ4v) is 3.68. The molecule has 1 aliphatic heterocycles. The first-order chi connectivity index (χ1) is 12.9. The molecule has 1 aromatic carbocycles. The first-order valence-corrected chi connectivity index (χ1v) is 9.41. The number of rotatable bonds is 5. The van der Waals surface area contributed by atoms with Crippen molar-refractivity contribution in [2.24, 2.45) is 11.8 Å². The number of methoxy groups -OCH3 is 1. The summed E-state index contributed by atoms with van der Waals surface area (Å²) in [5, 5.41) is 13.0. The smallest absolute Gasteiger partial charge is 0.249 e. The minimum Gasteiger partial charge on any atom is -0.494 e. The fraction of sp³-hybridized carbons (Fsp3) is 0.550. The summed E-state index contributed by atoms with van der Waals surface area (Å²) in [4.78, 5) is 23.4. The molecule has 1 fully saturated rings. The van der Waals surface area contributed by atoms with Crippen LogP contribution in [0.4, 0.5) is 5.69 Å². The van der Waals surface area contributed by atoms with Gasteiger partial charge in [0.05, 0.1) is 12.8 Å². The van der Waals surface area contributed by atoms with Crippen molar-refractivity contribution >= 4 is 22.6 Å². The molecule has 146 valence electrons. The summed E-state index contributed by atoms with van der Waals surface area (Å²) in [5.74, 6) is 0.678. The second kappa shape index (κ2) is 8.08. The van der Waals surface area contributed by atoms with Crippen molar-refractivity contribution in [2.45, 2.75) is 39.3 Å². The zero-order valence-electron chi connectivity index (χ0n) is 16.3. The molecule has 0 radical (unpaired) electrons. The summed E-state index contributed by atoms with van der Waals surface area (Å²) in [6, 6.07) is 3.88. The summed E-state index contributed by atoms with van der Waals surface area (Å²) in [5.41, 5.74) is 2.50. The van der Waals surface area contributed by atoms with Crippen molar-refractivity contribution in [3.8, 4) is 5.75 Å². The fourth-order valence-electron chi connectivity index (χ4n) is 3.68. The molecule has 7 heteroatoms. The van der Waals surface area contributed by atoms with E-state index in [4.69, 9.17) is 4.74 Å². The number of nitrogens with zero attached hydrogens (tertiary/aromatic N) is 3. The Balaban J connectivity index is 1.85. The molecule has 0 bridgehead atoms. The quantitative estimate of drug-likeness (QED) is 0.835. The van der Waals surface area contributed by atoms with E-state index in [9.17, 15) is 9.90 Å². The number of hydrogen-bond donors (Lipinski definition) is 2. The largest absolute Gasteiger partial charge is 0.494 e. The van der Waals surface area contributed by atoms with Gasteiger partial charge in [-0.25, -0.2) is 4.98 Å².